The van der Waals surface area contributed by atoms with Gasteiger partial charge in [-0.3, -0.25) is 0 Å². The molecule has 45 heavy (non-hydrogen) atoms. The first-order chi connectivity index (χ1) is 21.3. The normalized spacial score (nSPS) is 18.6. The molecule has 0 unspecified atom stereocenters. The molecule has 0 aliphatic heterocycles. The van der Waals surface area contributed by atoms with Crippen LogP contribution < -0.4 is 0 Å². The Balaban J connectivity index is 0. The molecule has 0 N–H and O–H groups in total. The Morgan fingerprint density at radius 2 is 0.556 bits per heavy atom. The second kappa shape index (κ2) is 31.8. The van der Waals surface area contributed by atoms with Gasteiger partial charge in [-0.05, 0) is 91.6 Å². The van der Waals surface area contributed by atoms with E-state index in [2.05, 4.69) is 107 Å². The third-order valence-electron chi connectivity index (χ3n) is 8.09. The summed E-state index contributed by atoms with van der Waals surface area (Å²) in [5.41, 5.74) is 4.06. The summed E-state index contributed by atoms with van der Waals surface area (Å²) >= 11 is 0. The average Bonchev–Trinajstić information content (AvgIpc) is 2.92. The lowest BCUT2D eigenvalue weighted by Gasteiger charge is -2.45. The van der Waals surface area contributed by atoms with Gasteiger partial charge in [0.15, 0.2) is 0 Å². The van der Waals surface area contributed by atoms with Crippen LogP contribution in [0.15, 0.2) is 24.3 Å². The lowest BCUT2D eigenvalue weighted by atomic mass is 9.61. The molecule has 1 aromatic rings. The minimum Gasteiger partial charge on any atom is -0.0630 e. The molecule has 5 aliphatic rings. The number of fused-ring (bicyclic) bond motifs is 1. The van der Waals surface area contributed by atoms with E-state index in [1.165, 1.54) is 116 Å². The van der Waals surface area contributed by atoms with Crippen LogP contribution in [0.3, 0.4) is 0 Å². The van der Waals surface area contributed by atoms with Gasteiger partial charge in [-0.2, -0.15) is 0 Å². The van der Waals surface area contributed by atoms with Gasteiger partial charge in [0, 0.05) is 0 Å². The highest BCUT2D eigenvalue weighted by molar-refractivity contribution is 5.28. The van der Waals surface area contributed by atoms with Crippen LogP contribution in [0.5, 0.6) is 0 Å². The van der Waals surface area contributed by atoms with E-state index in [4.69, 9.17) is 0 Å². The van der Waals surface area contributed by atoms with Crippen molar-refractivity contribution in [3.05, 3.63) is 35.4 Å². The van der Waals surface area contributed by atoms with Gasteiger partial charge in [-0.15, -0.1) is 0 Å². The zero-order valence-corrected chi connectivity index (χ0v) is 33.7. The predicted octanol–water partition coefficient (Wildman–Crippen LogP) is 16.2. The van der Waals surface area contributed by atoms with E-state index in [0.29, 0.717) is 0 Å². The van der Waals surface area contributed by atoms with Crippen molar-refractivity contribution in [3.63, 3.8) is 0 Å². The fraction of sp³-hybridized carbons (Fsp3) is 0.867. The van der Waals surface area contributed by atoms with E-state index in [1.807, 2.05) is 0 Å². The van der Waals surface area contributed by atoms with E-state index in [9.17, 15) is 0 Å². The summed E-state index contributed by atoms with van der Waals surface area (Å²) < 4.78 is 0. The Morgan fingerprint density at radius 3 is 0.756 bits per heavy atom. The second-order valence-electron chi connectivity index (χ2n) is 17.4. The molecular weight excluding hydrogens is 540 g/mol. The van der Waals surface area contributed by atoms with E-state index < -0.39 is 0 Å². The van der Waals surface area contributed by atoms with Crippen molar-refractivity contribution in [3.8, 4) is 0 Å². The molecule has 0 aromatic heterocycles. The van der Waals surface area contributed by atoms with Crippen molar-refractivity contribution < 1.29 is 0 Å². The van der Waals surface area contributed by atoms with Crippen molar-refractivity contribution in [2.75, 3.05) is 0 Å². The SMILES string of the molecule is C1CCC1.C1CCC2(CC1)CCC2.C1CCCCC1.CC(C)C.CC(C)C.CC(C)C.CC(C)C.c1ccc2c(c1)CCCC2. The van der Waals surface area contributed by atoms with Crippen LogP contribution in [0.1, 0.15) is 223 Å². The molecule has 0 bridgehead atoms. The first-order valence-electron chi connectivity index (χ1n) is 20.4. The summed E-state index contributed by atoms with van der Waals surface area (Å²) in [6.07, 6.45) is 32.7. The quantitative estimate of drug-likeness (QED) is 0.268. The highest BCUT2D eigenvalue weighted by Crippen LogP contribution is 2.51. The molecule has 1 spiro atoms. The van der Waals surface area contributed by atoms with Gasteiger partial charge in [-0.25, -0.2) is 0 Å². The highest BCUT2D eigenvalue weighted by atomic mass is 14.4. The summed E-state index contributed by atoms with van der Waals surface area (Å²) in [4.78, 5) is 0. The molecule has 0 heterocycles. The van der Waals surface area contributed by atoms with Crippen LogP contribution in [0.4, 0.5) is 0 Å². The number of hydrogen-bond acceptors (Lipinski definition) is 0. The Morgan fingerprint density at radius 1 is 0.333 bits per heavy atom. The van der Waals surface area contributed by atoms with Gasteiger partial charge in [0.2, 0.25) is 0 Å². The summed E-state index contributed by atoms with van der Waals surface area (Å²) in [5.74, 6) is 3.33. The Kier molecular flexibility index (Phi) is 32.7. The minimum atomic E-state index is 0.833. The van der Waals surface area contributed by atoms with Crippen molar-refractivity contribution >= 4 is 0 Å². The molecule has 1 aromatic carbocycles. The molecule has 0 amide bonds. The zero-order valence-electron chi connectivity index (χ0n) is 33.7. The molecule has 0 radical (unpaired) electrons. The largest absolute Gasteiger partial charge is 0.0630 e. The molecule has 4 fully saturated rings. The van der Waals surface area contributed by atoms with Crippen LogP contribution in [0.25, 0.3) is 0 Å². The molecule has 0 nitrogen and oxygen atoms in total. The maximum Gasteiger partial charge on any atom is -0.0276 e. The van der Waals surface area contributed by atoms with Crippen molar-refractivity contribution in [1.29, 1.82) is 0 Å². The van der Waals surface area contributed by atoms with Gasteiger partial charge in [-0.1, -0.05) is 197 Å². The molecular formula is C45H88. The Labute approximate surface area is 288 Å². The van der Waals surface area contributed by atoms with Crippen molar-refractivity contribution in [1.82, 2.24) is 0 Å². The first kappa shape index (κ1) is 46.3. The fourth-order valence-corrected chi connectivity index (χ4v) is 5.47. The third-order valence-corrected chi connectivity index (χ3v) is 8.09. The minimum absolute atomic E-state index is 0.833. The van der Waals surface area contributed by atoms with E-state index in [0.717, 1.165) is 29.1 Å². The number of aryl methyl sites for hydroxylation is 2. The van der Waals surface area contributed by atoms with Gasteiger partial charge in [0.1, 0.15) is 0 Å². The van der Waals surface area contributed by atoms with Gasteiger partial charge in [0.05, 0.1) is 0 Å². The standard InChI is InChI=1S/C10H12.C9H16.C6H12.C4H8.4C4H10/c1-2-6-10-8-4-3-7-9(10)5-1;1-2-5-9(6-3-1)7-4-8-9;1-2-4-6-5-3-1;1-2-4-3-1;4*1-4(2)3/h1-2,5-6H,3-4,7-8H2;1-8H2;1-6H2;1-4H2;4*4H,1-3H3. The maximum absolute atomic E-state index is 2.26. The van der Waals surface area contributed by atoms with Crippen molar-refractivity contribution in [2.45, 2.75) is 224 Å². The number of hydrogen-bond donors (Lipinski definition) is 0. The third kappa shape index (κ3) is 35.9. The van der Waals surface area contributed by atoms with E-state index in [1.54, 1.807) is 36.8 Å². The Bertz CT molecular complexity index is 613. The summed E-state index contributed by atoms with van der Waals surface area (Å²) in [6.45, 7) is 26.0. The first-order valence-corrected chi connectivity index (χ1v) is 20.4. The average molecular weight is 629 g/mol. The summed E-state index contributed by atoms with van der Waals surface area (Å²) in [5, 5.41) is 0. The van der Waals surface area contributed by atoms with Crippen LogP contribution >= 0.6 is 0 Å². The molecule has 4 saturated carbocycles. The van der Waals surface area contributed by atoms with E-state index >= 15 is 0 Å². The van der Waals surface area contributed by atoms with Crippen LogP contribution in [-0.2, 0) is 12.8 Å². The molecule has 0 atom stereocenters. The maximum atomic E-state index is 2.26. The van der Waals surface area contributed by atoms with Gasteiger partial charge in [0.25, 0.3) is 0 Å². The van der Waals surface area contributed by atoms with Gasteiger partial charge < -0.3 is 0 Å². The molecule has 268 valence electrons. The summed E-state index contributed by atoms with van der Waals surface area (Å²) in [6, 6.07) is 8.80. The Hall–Kier alpha value is -0.780. The topological polar surface area (TPSA) is 0 Å². The predicted molar refractivity (Wildman–Crippen MR) is 211 cm³/mol. The van der Waals surface area contributed by atoms with Gasteiger partial charge >= 0.3 is 0 Å². The monoisotopic (exact) mass is 629 g/mol. The van der Waals surface area contributed by atoms with E-state index in [-0.39, 0.29) is 0 Å². The molecule has 6 rings (SSSR count). The van der Waals surface area contributed by atoms with Crippen LogP contribution in [-0.4, -0.2) is 0 Å². The molecule has 0 heteroatoms. The van der Waals surface area contributed by atoms with Crippen molar-refractivity contribution in [2.24, 2.45) is 29.1 Å². The number of benzene rings is 1. The summed E-state index contributed by atoms with van der Waals surface area (Å²) in [7, 11) is 0. The molecule has 5 aliphatic carbocycles. The lowest BCUT2D eigenvalue weighted by molar-refractivity contribution is 0.0775. The van der Waals surface area contributed by atoms with Crippen LogP contribution in [0, 0.1) is 29.1 Å². The molecule has 0 saturated heterocycles. The zero-order chi connectivity index (χ0) is 34.3. The van der Waals surface area contributed by atoms with Crippen LogP contribution in [0.2, 0.25) is 0 Å². The smallest absolute Gasteiger partial charge is 0.0276 e. The highest BCUT2D eigenvalue weighted by Gasteiger charge is 2.37. The fourth-order valence-electron chi connectivity index (χ4n) is 5.47. The lowest BCUT2D eigenvalue weighted by Crippen LogP contribution is -2.31. The number of rotatable bonds is 0. The second-order valence-corrected chi connectivity index (χ2v) is 17.4.